The lowest BCUT2D eigenvalue weighted by molar-refractivity contribution is -0.220. The molecule has 0 saturated heterocycles. The maximum absolute atomic E-state index is 12.8. The average Bonchev–Trinajstić information content (AvgIpc) is 3.25. The van der Waals surface area contributed by atoms with Crippen molar-refractivity contribution in [3.05, 3.63) is 36.5 Å². The molecule has 14 nitrogen and oxygen atoms in total. The molecule has 0 radical (unpaired) electrons. The van der Waals surface area contributed by atoms with Crippen LogP contribution in [0.1, 0.15) is 187 Å². The van der Waals surface area contributed by atoms with Gasteiger partial charge in [0.2, 0.25) is 0 Å². The summed E-state index contributed by atoms with van der Waals surface area (Å²) in [5.41, 5.74) is 0. The highest BCUT2D eigenvalue weighted by Crippen LogP contribution is 2.47. The number of ether oxygens (including phenoxy) is 2. The zero-order chi connectivity index (χ0) is 45.9. The number of hydrogen-bond donors (Lipinski definition) is 6. The third kappa shape index (κ3) is 29.2. The number of unbranched alkanes of at least 4 members (excludes halogenated alkanes) is 20. The quantitative estimate of drug-likeness (QED) is 0.00849. The van der Waals surface area contributed by atoms with Crippen LogP contribution in [0.15, 0.2) is 36.5 Å². The van der Waals surface area contributed by atoms with Crippen molar-refractivity contribution < 1.29 is 67.9 Å². The summed E-state index contributed by atoms with van der Waals surface area (Å²) in [5, 5.41) is 50.1. The molecule has 8 atom stereocenters. The number of carbonyl (C=O) groups excluding carboxylic acids is 3. The van der Waals surface area contributed by atoms with Gasteiger partial charge in [-0.25, -0.2) is 4.57 Å². The van der Waals surface area contributed by atoms with E-state index >= 15 is 0 Å². The fourth-order valence-corrected chi connectivity index (χ4v) is 8.00. The molecule has 1 aliphatic rings. The number of phosphoric acid groups is 1. The van der Waals surface area contributed by atoms with E-state index in [0.29, 0.717) is 19.3 Å². The van der Waals surface area contributed by atoms with E-state index in [0.717, 1.165) is 103 Å². The lowest BCUT2D eigenvalue weighted by Gasteiger charge is -2.41. The predicted octanol–water partition coefficient (Wildman–Crippen LogP) is 8.57. The Hall–Kier alpha value is -2.26. The number of esters is 2. The Labute approximate surface area is 372 Å². The van der Waals surface area contributed by atoms with Gasteiger partial charge in [0.1, 0.15) is 43.2 Å². The first kappa shape index (κ1) is 57.8. The lowest BCUT2D eigenvalue weighted by Crippen LogP contribution is -2.64. The molecule has 1 rings (SSSR count). The largest absolute Gasteiger partial charge is 0.472 e. The Morgan fingerprint density at radius 3 is 1.52 bits per heavy atom. The Morgan fingerprint density at radius 2 is 0.968 bits per heavy atom. The summed E-state index contributed by atoms with van der Waals surface area (Å²) in [6.45, 7) is 3.11. The van der Waals surface area contributed by atoms with E-state index in [-0.39, 0.29) is 18.6 Å². The molecule has 0 aromatic rings. The SMILES string of the molecule is CCCCCCCC/C=C\CCCCCCCCCC(=O)O[C@H](COC(=O)CCCCCCC/C=C\C=C\C(=O)CCCCC)COP(=O)(O)OC1[C@H](O)[C@H](O)C(O)[C@H](O)[C@H]1O. The van der Waals surface area contributed by atoms with Gasteiger partial charge in [-0.05, 0) is 63.9 Å². The average molecular weight is 903 g/mol. The molecule has 0 bridgehead atoms. The third-order valence-corrected chi connectivity index (χ3v) is 11.9. The summed E-state index contributed by atoms with van der Waals surface area (Å²) in [6.07, 6.45) is 24.6. The van der Waals surface area contributed by atoms with Gasteiger partial charge in [0.15, 0.2) is 11.9 Å². The van der Waals surface area contributed by atoms with Gasteiger partial charge in [0, 0.05) is 19.3 Å². The summed E-state index contributed by atoms with van der Waals surface area (Å²) >= 11 is 0. The number of ketones is 1. The highest BCUT2D eigenvalue weighted by molar-refractivity contribution is 7.47. The number of carbonyl (C=O) groups is 3. The first-order valence-corrected chi connectivity index (χ1v) is 25.2. The second kappa shape index (κ2) is 37.0. The van der Waals surface area contributed by atoms with Crippen molar-refractivity contribution in [1.29, 1.82) is 0 Å². The van der Waals surface area contributed by atoms with Crippen molar-refractivity contribution in [1.82, 2.24) is 0 Å². The summed E-state index contributed by atoms with van der Waals surface area (Å²) in [5.74, 6) is -1.02. The molecule has 6 N–H and O–H groups in total. The van der Waals surface area contributed by atoms with E-state index in [2.05, 4.69) is 26.0 Å². The molecule has 0 aromatic carbocycles. The van der Waals surface area contributed by atoms with E-state index < -0.39 is 75.7 Å². The molecule has 0 aliphatic heterocycles. The molecule has 1 fully saturated rings. The van der Waals surface area contributed by atoms with Gasteiger partial charge < -0.3 is 39.9 Å². The van der Waals surface area contributed by atoms with Gasteiger partial charge in [-0.3, -0.25) is 23.4 Å². The monoisotopic (exact) mass is 903 g/mol. The molecular weight excluding hydrogens is 819 g/mol. The topological polar surface area (TPSA) is 227 Å². The van der Waals surface area contributed by atoms with Crippen LogP contribution in [0, 0.1) is 0 Å². The molecule has 1 saturated carbocycles. The second-order valence-electron chi connectivity index (χ2n) is 16.6. The first-order chi connectivity index (χ1) is 29.8. The molecule has 0 amide bonds. The third-order valence-electron chi connectivity index (χ3n) is 10.9. The maximum Gasteiger partial charge on any atom is 0.472 e. The molecule has 1 aliphatic carbocycles. The highest BCUT2D eigenvalue weighted by Gasteiger charge is 2.51. The van der Waals surface area contributed by atoms with Crippen LogP contribution >= 0.6 is 7.82 Å². The fraction of sp³-hybridized carbons (Fsp3) is 0.809. The van der Waals surface area contributed by atoms with Crippen molar-refractivity contribution in [2.75, 3.05) is 13.2 Å². The Bertz CT molecular complexity index is 1290. The van der Waals surface area contributed by atoms with Gasteiger partial charge in [0.25, 0.3) is 0 Å². The summed E-state index contributed by atoms with van der Waals surface area (Å²) in [4.78, 5) is 47.5. The number of allylic oxidation sites excluding steroid dienone is 6. The normalized spacial score (nSPS) is 22.1. The Balaban J connectivity index is 2.48. The van der Waals surface area contributed by atoms with Crippen LogP contribution in [-0.4, -0.2) is 104 Å². The van der Waals surface area contributed by atoms with Gasteiger partial charge in [-0.2, -0.15) is 0 Å². The summed E-state index contributed by atoms with van der Waals surface area (Å²) in [6, 6.07) is 0. The van der Waals surface area contributed by atoms with E-state index in [1.165, 1.54) is 38.5 Å². The molecule has 0 heterocycles. The number of aliphatic hydroxyl groups is 5. The van der Waals surface area contributed by atoms with Gasteiger partial charge >= 0.3 is 19.8 Å². The van der Waals surface area contributed by atoms with Crippen LogP contribution in [-0.2, 0) is 37.5 Å². The van der Waals surface area contributed by atoms with Crippen LogP contribution in [0.5, 0.6) is 0 Å². The molecular formula is C47H83O14P. The van der Waals surface area contributed by atoms with Crippen LogP contribution in [0.2, 0.25) is 0 Å². The highest BCUT2D eigenvalue weighted by atomic mass is 31.2. The van der Waals surface area contributed by atoms with E-state index in [4.69, 9.17) is 18.5 Å². The van der Waals surface area contributed by atoms with E-state index in [1.54, 1.807) is 12.2 Å². The van der Waals surface area contributed by atoms with E-state index in [9.17, 15) is 49.4 Å². The minimum Gasteiger partial charge on any atom is -0.462 e. The molecule has 62 heavy (non-hydrogen) atoms. The summed E-state index contributed by atoms with van der Waals surface area (Å²) in [7, 11) is -5.14. The van der Waals surface area contributed by atoms with Crippen molar-refractivity contribution in [3.63, 3.8) is 0 Å². The second-order valence-corrected chi connectivity index (χ2v) is 18.0. The molecule has 0 spiro atoms. The molecule has 3 unspecified atom stereocenters. The van der Waals surface area contributed by atoms with Crippen LogP contribution in [0.4, 0.5) is 0 Å². The zero-order valence-electron chi connectivity index (χ0n) is 37.9. The van der Waals surface area contributed by atoms with Crippen molar-refractivity contribution >= 4 is 25.5 Å². The summed E-state index contributed by atoms with van der Waals surface area (Å²) < 4.78 is 33.5. The molecule has 0 aromatic heterocycles. The predicted molar refractivity (Wildman–Crippen MR) is 240 cm³/mol. The van der Waals surface area contributed by atoms with Crippen molar-refractivity contribution in [3.8, 4) is 0 Å². The minimum absolute atomic E-state index is 0.0744. The Kier molecular flexibility index (Phi) is 34.5. The van der Waals surface area contributed by atoms with Crippen LogP contribution in [0.25, 0.3) is 0 Å². The van der Waals surface area contributed by atoms with Crippen LogP contribution in [0.3, 0.4) is 0 Å². The van der Waals surface area contributed by atoms with Gasteiger partial charge in [-0.15, -0.1) is 0 Å². The number of hydrogen-bond acceptors (Lipinski definition) is 13. The van der Waals surface area contributed by atoms with Gasteiger partial charge in [0.05, 0.1) is 6.61 Å². The molecule has 15 heteroatoms. The van der Waals surface area contributed by atoms with Gasteiger partial charge in [-0.1, -0.05) is 141 Å². The Morgan fingerprint density at radius 1 is 0.532 bits per heavy atom. The van der Waals surface area contributed by atoms with Crippen molar-refractivity contribution in [2.45, 2.75) is 230 Å². The van der Waals surface area contributed by atoms with E-state index in [1.807, 2.05) is 12.2 Å². The first-order valence-electron chi connectivity index (χ1n) is 23.7. The van der Waals surface area contributed by atoms with Crippen LogP contribution < -0.4 is 0 Å². The maximum atomic E-state index is 12.8. The number of rotatable bonds is 39. The number of aliphatic hydroxyl groups excluding tert-OH is 5. The number of phosphoric ester groups is 1. The van der Waals surface area contributed by atoms with Crippen molar-refractivity contribution in [2.24, 2.45) is 0 Å². The lowest BCUT2D eigenvalue weighted by atomic mass is 9.85. The zero-order valence-corrected chi connectivity index (χ0v) is 38.8. The molecule has 360 valence electrons. The smallest absolute Gasteiger partial charge is 0.462 e. The minimum atomic E-state index is -5.14. The fourth-order valence-electron chi connectivity index (χ4n) is 7.03. The standard InChI is InChI=1S/C47H83O14P/c1-3-5-7-8-9-10-11-12-13-14-15-16-17-20-24-27-31-35-41(50)60-39(37-59-62(56,57)61-47-45(54)43(52)42(51)44(53)46(47)55)36-58-40(49)34-30-26-23-21-18-19-22-25-29-33-38(48)32-28-6-4-2/h12-13,22,25,29,33,39,42-47,51-55H,3-11,14-21,23-24,26-28,30-32,34-37H2,1-2H3,(H,56,57)/b13-12-,25-22-,33-29+/t39-,42?,43-,44+,45-,46-,47?/m1/s1.